The van der Waals surface area contributed by atoms with Crippen molar-refractivity contribution in [3.63, 3.8) is 0 Å². The minimum atomic E-state index is -1.42. The smallest absolute Gasteiger partial charge is 0.239 e. The lowest BCUT2D eigenvalue weighted by atomic mass is 9.96. The fourth-order valence-electron chi connectivity index (χ4n) is 1.84. The quantitative estimate of drug-likeness (QED) is 0.842. The van der Waals surface area contributed by atoms with Crippen molar-refractivity contribution in [1.29, 1.82) is 0 Å². The van der Waals surface area contributed by atoms with E-state index in [9.17, 15) is 4.21 Å². The number of aromatic nitrogens is 2. The SMILES string of the molecule is COc1cccc(OC)c1S(=O)Cc1nc(C(C)(C)C)no1. The molecule has 0 saturated carbocycles. The Labute approximate surface area is 132 Å². The van der Waals surface area contributed by atoms with E-state index in [1.807, 2.05) is 20.8 Å². The molecule has 6 nitrogen and oxygen atoms in total. The fourth-order valence-corrected chi connectivity index (χ4v) is 3.08. The molecule has 0 N–H and O–H groups in total. The van der Waals surface area contributed by atoms with Gasteiger partial charge in [0.25, 0.3) is 0 Å². The van der Waals surface area contributed by atoms with Gasteiger partial charge >= 0.3 is 0 Å². The maximum absolute atomic E-state index is 12.7. The summed E-state index contributed by atoms with van der Waals surface area (Å²) >= 11 is 0. The summed E-state index contributed by atoms with van der Waals surface area (Å²) in [6.07, 6.45) is 0. The van der Waals surface area contributed by atoms with Crippen LogP contribution in [0.15, 0.2) is 27.6 Å². The van der Waals surface area contributed by atoms with Gasteiger partial charge < -0.3 is 14.0 Å². The Balaban J connectivity index is 2.28. The first-order chi connectivity index (χ1) is 10.4. The maximum atomic E-state index is 12.7. The lowest BCUT2D eigenvalue weighted by molar-refractivity contribution is 0.369. The van der Waals surface area contributed by atoms with Crippen LogP contribution in [-0.2, 0) is 22.0 Å². The third kappa shape index (κ3) is 3.47. The van der Waals surface area contributed by atoms with E-state index in [2.05, 4.69) is 10.1 Å². The number of benzene rings is 1. The molecule has 1 heterocycles. The third-order valence-corrected chi connectivity index (χ3v) is 4.37. The maximum Gasteiger partial charge on any atom is 0.239 e. The van der Waals surface area contributed by atoms with E-state index in [0.29, 0.717) is 28.1 Å². The van der Waals surface area contributed by atoms with Crippen LogP contribution in [0.4, 0.5) is 0 Å². The van der Waals surface area contributed by atoms with Crippen LogP contribution in [0.25, 0.3) is 0 Å². The number of hydrogen-bond donors (Lipinski definition) is 0. The van der Waals surface area contributed by atoms with E-state index in [-0.39, 0.29) is 11.2 Å². The summed E-state index contributed by atoms with van der Waals surface area (Å²) in [7, 11) is 1.64. The molecule has 1 atom stereocenters. The van der Waals surface area contributed by atoms with Crippen molar-refractivity contribution in [3.05, 3.63) is 29.9 Å². The number of rotatable bonds is 5. The Morgan fingerprint density at radius 3 is 2.23 bits per heavy atom. The lowest BCUT2D eigenvalue weighted by Crippen LogP contribution is -2.13. The van der Waals surface area contributed by atoms with Crippen molar-refractivity contribution in [2.24, 2.45) is 0 Å². The van der Waals surface area contributed by atoms with Crippen LogP contribution in [0, 0.1) is 0 Å². The summed E-state index contributed by atoms with van der Waals surface area (Å²) in [6.45, 7) is 5.96. The molecule has 0 fully saturated rings. The molecule has 0 saturated heterocycles. The molecule has 1 unspecified atom stereocenters. The molecule has 0 bridgehead atoms. The first-order valence-corrected chi connectivity index (χ1v) is 8.11. The van der Waals surface area contributed by atoms with Crippen LogP contribution in [0.1, 0.15) is 32.5 Å². The summed E-state index contributed by atoms with van der Waals surface area (Å²) in [5.41, 5.74) is -0.217. The average molecular weight is 324 g/mol. The Hall–Kier alpha value is -1.89. The first kappa shape index (κ1) is 16.5. The average Bonchev–Trinajstić information content (AvgIpc) is 2.94. The van der Waals surface area contributed by atoms with E-state index in [4.69, 9.17) is 14.0 Å². The van der Waals surface area contributed by atoms with Crippen molar-refractivity contribution in [2.75, 3.05) is 14.2 Å². The fraction of sp³-hybridized carbons (Fsp3) is 0.467. The van der Waals surface area contributed by atoms with Crippen molar-refractivity contribution in [3.8, 4) is 11.5 Å². The zero-order valence-corrected chi connectivity index (χ0v) is 14.2. The van der Waals surface area contributed by atoms with Crippen LogP contribution in [0.3, 0.4) is 0 Å². The van der Waals surface area contributed by atoms with Crippen LogP contribution < -0.4 is 9.47 Å². The highest BCUT2D eigenvalue weighted by molar-refractivity contribution is 7.84. The minimum absolute atomic E-state index is 0.111. The Morgan fingerprint density at radius 2 is 1.77 bits per heavy atom. The molecule has 0 radical (unpaired) electrons. The highest BCUT2D eigenvalue weighted by Gasteiger charge is 2.23. The molecule has 120 valence electrons. The van der Waals surface area contributed by atoms with Crippen molar-refractivity contribution >= 4 is 10.8 Å². The predicted molar refractivity (Wildman–Crippen MR) is 82.7 cm³/mol. The number of ether oxygens (including phenoxy) is 2. The minimum Gasteiger partial charge on any atom is -0.495 e. The lowest BCUT2D eigenvalue weighted by Gasteiger charge is -2.12. The Bertz CT molecular complexity index is 654. The van der Waals surface area contributed by atoms with E-state index < -0.39 is 10.8 Å². The Kier molecular flexibility index (Phi) is 4.85. The predicted octanol–water partition coefficient (Wildman–Crippen LogP) is 2.69. The molecule has 22 heavy (non-hydrogen) atoms. The molecule has 0 aliphatic carbocycles. The molecular weight excluding hydrogens is 304 g/mol. The van der Waals surface area contributed by atoms with E-state index in [1.54, 1.807) is 18.2 Å². The van der Waals surface area contributed by atoms with Gasteiger partial charge in [-0.25, -0.2) is 0 Å². The zero-order valence-electron chi connectivity index (χ0n) is 13.4. The third-order valence-electron chi connectivity index (χ3n) is 3.00. The van der Waals surface area contributed by atoms with Gasteiger partial charge in [0.05, 0.1) is 25.0 Å². The van der Waals surface area contributed by atoms with Crippen LogP contribution >= 0.6 is 0 Å². The van der Waals surface area contributed by atoms with E-state index in [1.165, 1.54) is 14.2 Å². The summed E-state index contributed by atoms with van der Waals surface area (Å²) in [6, 6.07) is 5.26. The molecular formula is C15H20N2O4S. The topological polar surface area (TPSA) is 74.5 Å². The zero-order chi connectivity index (χ0) is 16.3. The van der Waals surface area contributed by atoms with Crippen LogP contribution in [-0.4, -0.2) is 28.6 Å². The van der Waals surface area contributed by atoms with Gasteiger partial charge in [0.15, 0.2) is 5.82 Å². The van der Waals surface area contributed by atoms with Gasteiger partial charge in [0.1, 0.15) is 22.1 Å². The van der Waals surface area contributed by atoms with Crippen molar-refractivity contribution in [1.82, 2.24) is 10.1 Å². The molecule has 2 aromatic rings. The Morgan fingerprint density at radius 1 is 1.18 bits per heavy atom. The van der Waals surface area contributed by atoms with Gasteiger partial charge in [-0.1, -0.05) is 32.0 Å². The van der Waals surface area contributed by atoms with Crippen LogP contribution in [0.2, 0.25) is 0 Å². The number of methoxy groups -OCH3 is 2. The molecule has 0 aliphatic heterocycles. The summed E-state index contributed by atoms with van der Waals surface area (Å²) in [4.78, 5) is 4.79. The first-order valence-electron chi connectivity index (χ1n) is 6.79. The molecule has 0 amide bonds. The second kappa shape index (κ2) is 6.48. The van der Waals surface area contributed by atoms with Gasteiger partial charge in [0, 0.05) is 5.41 Å². The van der Waals surface area contributed by atoms with Gasteiger partial charge in [-0.15, -0.1) is 0 Å². The largest absolute Gasteiger partial charge is 0.495 e. The molecule has 0 aliphatic rings. The molecule has 7 heteroatoms. The summed E-state index contributed by atoms with van der Waals surface area (Å²) in [5.74, 6) is 2.05. The summed E-state index contributed by atoms with van der Waals surface area (Å²) < 4.78 is 28.4. The molecule has 1 aromatic heterocycles. The highest BCUT2D eigenvalue weighted by atomic mass is 32.2. The van der Waals surface area contributed by atoms with E-state index in [0.717, 1.165) is 0 Å². The molecule has 2 rings (SSSR count). The number of hydrogen-bond acceptors (Lipinski definition) is 6. The number of nitrogens with zero attached hydrogens (tertiary/aromatic N) is 2. The van der Waals surface area contributed by atoms with Gasteiger partial charge in [-0.3, -0.25) is 4.21 Å². The van der Waals surface area contributed by atoms with Crippen molar-refractivity contribution < 1.29 is 18.2 Å². The normalized spacial score (nSPS) is 13.0. The summed E-state index contributed by atoms with van der Waals surface area (Å²) in [5, 5.41) is 3.94. The molecule has 0 spiro atoms. The second-order valence-electron chi connectivity index (χ2n) is 5.74. The van der Waals surface area contributed by atoms with E-state index >= 15 is 0 Å². The molecule has 1 aromatic carbocycles. The van der Waals surface area contributed by atoms with Gasteiger partial charge in [0.2, 0.25) is 5.89 Å². The second-order valence-corrected chi connectivity index (χ2v) is 7.13. The van der Waals surface area contributed by atoms with Crippen LogP contribution in [0.5, 0.6) is 11.5 Å². The standard InChI is InChI=1S/C15H20N2O4S/c1-15(2,3)14-16-12(21-17-14)9-22(18)13-10(19-4)7-6-8-11(13)20-5/h6-8H,9H2,1-5H3. The van der Waals surface area contributed by atoms with Gasteiger partial charge in [-0.2, -0.15) is 4.98 Å². The monoisotopic (exact) mass is 324 g/mol. The highest BCUT2D eigenvalue weighted by Crippen LogP contribution is 2.32. The van der Waals surface area contributed by atoms with Crippen molar-refractivity contribution in [2.45, 2.75) is 36.8 Å². The van der Waals surface area contributed by atoms with Gasteiger partial charge in [-0.05, 0) is 12.1 Å².